The van der Waals surface area contributed by atoms with Crippen LogP contribution in [-0.2, 0) is 9.59 Å². The van der Waals surface area contributed by atoms with Crippen molar-refractivity contribution in [2.24, 2.45) is 0 Å². The highest BCUT2D eigenvalue weighted by molar-refractivity contribution is 5.88. The number of rotatable bonds is 5. The van der Waals surface area contributed by atoms with E-state index in [0.717, 1.165) is 12.8 Å². The van der Waals surface area contributed by atoms with Crippen molar-refractivity contribution >= 4 is 11.8 Å². The third-order valence-electron chi connectivity index (χ3n) is 4.70. The first-order valence-corrected chi connectivity index (χ1v) is 9.19. The van der Waals surface area contributed by atoms with E-state index in [2.05, 4.69) is 15.5 Å². The summed E-state index contributed by atoms with van der Waals surface area (Å²) >= 11 is 0. The standard InChI is InChI=1S/C19H23FN4O3/c1-3-16(25)24-11-5-4-6-15(24)18(26)21-12(2)19-22-17(23-27-19)13-7-9-14(20)10-8-13/h7-10,12,15H,3-6,11H2,1-2H3,(H,21,26). The normalized spacial score (nSPS) is 18.2. The number of halogens is 1. The fourth-order valence-corrected chi connectivity index (χ4v) is 3.20. The van der Waals surface area contributed by atoms with E-state index >= 15 is 0 Å². The van der Waals surface area contributed by atoms with Gasteiger partial charge in [0.05, 0.1) is 0 Å². The first-order valence-electron chi connectivity index (χ1n) is 9.19. The number of aromatic nitrogens is 2. The average molecular weight is 374 g/mol. The number of carbonyl (C=O) groups excluding carboxylic acids is 2. The molecule has 0 radical (unpaired) electrons. The van der Waals surface area contributed by atoms with Gasteiger partial charge in [0.1, 0.15) is 17.9 Å². The quantitative estimate of drug-likeness (QED) is 0.869. The summed E-state index contributed by atoms with van der Waals surface area (Å²) in [6.45, 7) is 4.15. The molecule has 2 unspecified atom stereocenters. The molecule has 2 heterocycles. The lowest BCUT2D eigenvalue weighted by molar-refractivity contribution is -0.142. The lowest BCUT2D eigenvalue weighted by Crippen LogP contribution is -2.52. The van der Waals surface area contributed by atoms with E-state index in [1.807, 2.05) is 0 Å². The van der Waals surface area contributed by atoms with Gasteiger partial charge < -0.3 is 14.7 Å². The molecule has 8 heteroatoms. The number of nitrogens with one attached hydrogen (secondary N) is 1. The largest absolute Gasteiger partial charge is 0.343 e. The summed E-state index contributed by atoms with van der Waals surface area (Å²) in [6.07, 6.45) is 2.85. The van der Waals surface area contributed by atoms with Crippen molar-refractivity contribution in [3.63, 3.8) is 0 Å². The average Bonchev–Trinajstić information content (AvgIpc) is 3.18. The molecule has 1 aliphatic rings. The third-order valence-corrected chi connectivity index (χ3v) is 4.70. The minimum atomic E-state index is -0.500. The Hall–Kier alpha value is -2.77. The fraction of sp³-hybridized carbons (Fsp3) is 0.474. The maximum absolute atomic E-state index is 13.0. The molecule has 0 spiro atoms. The molecule has 7 nitrogen and oxygen atoms in total. The molecule has 3 rings (SSSR count). The first kappa shape index (κ1) is 19.0. The molecule has 0 aliphatic carbocycles. The van der Waals surface area contributed by atoms with Gasteiger partial charge in [0, 0.05) is 18.5 Å². The minimum Gasteiger partial charge on any atom is -0.343 e. The molecule has 0 bridgehead atoms. The van der Waals surface area contributed by atoms with E-state index in [1.54, 1.807) is 30.9 Å². The van der Waals surface area contributed by atoms with Gasteiger partial charge in [0.15, 0.2) is 0 Å². The van der Waals surface area contributed by atoms with Crippen molar-refractivity contribution in [3.8, 4) is 11.4 Å². The molecule has 1 N–H and O–H groups in total. The zero-order valence-corrected chi connectivity index (χ0v) is 15.4. The Morgan fingerprint density at radius 3 is 2.78 bits per heavy atom. The van der Waals surface area contributed by atoms with Crippen LogP contribution >= 0.6 is 0 Å². The maximum Gasteiger partial charge on any atom is 0.249 e. The van der Waals surface area contributed by atoms with E-state index < -0.39 is 12.1 Å². The van der Waals surface area contributed by atoms with Crippen LogP contribution < -0.4 is 5.32 Å². The Morgan fingerprint density at radius 1 is 1.33 bits per heavy atom. The van der Waals surface area contributed by atoms with Gasteiger partial charge in [-0.25, -0.2) is 4.39 Å². The topological polar surface area (TPSA) is 88.3 Å². The number of amides is 2. The lowest BCUT2D eigenvalue weighted by Gasteiger charge is -2.35. The van der Waals surface area contributed by atoms with Gasteiger partial charge >= 0.3 is 0 Å². The van der Waals surface area contributed by atoms with Crippen molar-refractivity contribution in [1.82, 2.24) is 20.4 Å². The van der Waals surface area contributed by atoms with Crippen LogP contribution in [0.2, 0.25) is 0 Å². The fourth-order valence-electron chi connectivity index (χ4n) is 3.20. The van der Waals surface area contributed by atoms with Crippen LogP contribution in [0.5, 0.6) is 0 Å². The Morgan fingerprint density at radius 2 is 2.07 bits per heavy atom. The second-order valence-corrected chi connectivity index (χ2v) is 6.65. The summed E-state index contributed by atoms with van der Waals surface area (Å²) in [5.41, 5.74) is 0.622. The molecule has 144 valence electrons. The highest BCUT2D eigenvalue weighted by atomic mass is 19.1. The third kappa shape index (κ3) is 4.32. The van der Waals surface area contributed by atoms with E-state index in [-0.39, 0.29) is 23.5 Å². The van der Waals surface area contributed by atoms with Gasteiger partial charge in [0.2, 0.25) is 23.5 Å². The number of benzene rings is 1. The van der Waals surface area contributed by atoms with E-state index in [1.165, 1.54) is 12.1 Å². The number of piperidine rings is 1. The molecular formula is C19H23FN4O3. The molecule has 1 fully saturated rings. The highest BCUT2D eigenvalue weighted by Crippen LogP contribution is 2.21. The maximum atomic E-state index is 13.0. The monoisotopic (exact) mass is 374 g/mol. The molecule has 1 aromatic heterocycles. The molecule has 1 aliphatic heterocycles. The first-order chi connectivity index (χ1) is 13.0. The zero-order valence-electron chi connectivity index (χ0n) is 15.4. The van der Waals surface area contributed by atoms with Gasteiger partial charge in [-0.3, -0.25) is 9.59 Å². The van der Waals surface area contributed by atoms with Gasteiger partial charge in [0.25, 0.3) is 0 Å². The molecule has 2 aromatic rings. The van der Waals surface area contributed by atoms with Gasteiger partial charge in [-0.15, -0.1) is 0 Å². The van der Waals surface area contributed by atoms with E-state index in [9.17, 15) is 14.0 Å². The SMILES string of the molecule is CCC(=O)N1CCCCC1C(=O)NC(C)c1nc(-c2ccc(F)cc2)no1. The number of hydrogen-bond donors (Lipinski definition) is 1. The number of carbonyl (C=O) groups is 2. The van der Waals surface area contributed by atoms with Crippen molar-refractivity contribution in [2.75, 3.05) is 6.54 Å². The number of likely N-dealkylation sites (tertiary alicyclic amines) is 1. The predicted octanol–water partition coefficient (Wildman–Crippen LogP) is 2.84. The summed E-state index contributed by atoms with van der Waals surface area (Å²) in [5.74, 6) is 0.00425. The number of nitrogens with zero attached hydrogens (tertiary/aromatic N) is 3. The Balaban J connectivity index is 1.67. The van der Waals surface area contributed by atoms with Gasteiger partial charge in [-0.2, -0.15) is 4.98 Å². The molecule has 2 amide bonds. The van der Waals surface area contributed by atoms with E-state index in [4.69, 9.17) is 4.52 Å². The van der Waals surface area contributed by atoms with E-state index in [0.29, 0.717) is 30.8 Å². The van der Waals surface area contributed by atoms with Crippen molar-refractivity contribution in [2.45, 2.75) is 51.6 Å². The van der Waals surface area contributed by atoms with Crippen LogP contribution in [0.15, 0.2) is 28.8 Å². The summed E-state index contributed by atoms with van der Waals surface area (Å²) < 4.78 is 18.3. The Labute approximate surface area is 156 Å². The van der Waals surface area contributed by atoms with Crippen molar-refractivity contribution < 1.29 is 18.5 Å². The molecule has 27 heavy (non-hydrogen) atoms. The summed E-state index contributed by atoms with van der Waals surface area (Å²) in [5, 5.41) is 6.75. The second kappa shape index (κ2) is 8.28. The van der Waals surface area contributed by atoms with Gasteiger partial charge in [-0.05, 0) is 50.5 Å². The van der Waals surface area contributed by atoms with Crippen LogP contribution in [0.1, 0.15) is 51.5 Å². The summed E-state index contributed by atoms with van der Waals surface area (Å²) in [6, 6.07) is 4.79. The summed E-state index contributed by atoms with van der Waals surface area (Å²) in [4.78, 5) is 30.7. The molecular weight excluding hydrogens is 351 g/mol. The molecule has 1 aromatic carbocycles. The van der Waals surface area contributed by atoms with Crippen molar-refractivity contribution in [1.29, 1.82) is 0 Å². The van der Waals surface area contributed by atoms with Crippen LogP contribution in [0.4, 0.5) is 4.39 Å². The van der Waals surface area contributed by atoms with Crippen LogP contribution in [0, 0.1) is 5.82 Å². The second-order valence-electron chi connectivity index (χ2n) is 6.65. The van der Waals surface area contributed by atoms with Crippen LogP contribution in [0.25, 0.3) is 11.4 Å². The Bertz CT molecular complexity index is 806. The smallest absolute Gasteiger partial charge is 0.249 e. The highest BCUT2D eigenvalue weighted by Gasteiger charge is 2.32. The van der Waals surface area contributed by atoms with Gasteiger partial charge in [-0.1, -0.05) is 12.1 Å². The number of hydrogen-bond acceptors (Lipinski definition) is 5. The predicted molar refractivity (Wildman–Crippen MR) is 95.9 cm³/mol. The minimum absolute atomic E-state index is 0.0149. The van der Waals surface area contributed by atoms with Crippen LogP contribution in [-0.4, -0.2) is 39.4 Å². The Kier molecular flexibility index (Phi) is 5.83. The zero-order chi connectivity index (χ0) is 19.4. The van der Waals surface area contributed by atoms with Crippen LogP contribution in [0.3, 0.4) is 0 Å². The molecule has 2 atom stereocenters. The molecule has 1 saturated heterocycles. The summed E-state index contributed by atoms with van der Waals surface area (Å²) in [7, 11) is 0. The lowest BCUT2D eigenvalue weighted by atomic mass is 10.0. The van der Waals surface area contributed by atoms with Crippen molar-refractivity contribution in [3.05, 3.63) is 36.0 Å². The molecule has 0 saturated carbocycles.